The lowest BCUT2D eigenvalue weighted by atomic mass is 9.81. The Kier molecular flexibility index (Phi) is 11.7. The van der Waals surface area contributed by atoms with Crippen molar-refractivity contribution < 1.29 is 35.3 Å². The van der Waals surface area contributed by atoms with Crippen LogP contribution in [0.25, 0.3) is 55.0 Å². The van der Waals surface area contributed by atoms with Gasteiger partial charge in [0, 0.05) is 43.8 Å². The highest BCUT2D eigenvalue weighted by atomic mass is 31.1. The van der Waals surface area contributed by atoms with Crippen molar-refractivity contribution in [3.05, 3.63) is 128 Å². The number of hydrogen-bond donors (Lipinski definition) is 0. The van der Waals surface area contributed by atoms with E-state index in [0.29, 0.717) is 34.1 Å². The lowest BCUT2D eigenvalue weighted by molar-refractivity contribution is 0.409. The zero-order chi connectivity index (χ0) is 46.2. The summed E-state index contributed by atoms with van der Waals surface area (Å²) in [5, 5.41) is 3.90. The van der Waals surface area contributed by atoms with Crippen LogP contribution in [0.4, 0.5) is 0 Å². The minimum atomic E-state index is -2.08. The smallest absolute Gasteiger partial charge is 0.453 e. The molecule has 0 bridgehead atoms. The fourth-order valence-electron chi connectivity index (χ4n) is 8.81. The highest BCUT2D eigenvalue weighted by Gasteiger charge is 2.32. The Hall–Kier alpha value is -5.68. The van der Waals surface area contributed by atoms with Crippen molar-refractivity contribution in [1.29, 1.82) is 0 Å². The van der Waals surface area contributed by atoms with Crippen LogP contribution in [0.1, 0.15) is 97.2 Å². The van der Waals surface area contributed by atoms with E-state index in [4.69, 9.17) is 35.3 Å². The molecule has 64 heavy (non-hydrogen) atoms. The Bertz CT molecular complexity index is 2890. The topological polar surface area (TPSA) is 89.5 Å². The van der Waals surface area contributed by atoms with Crippen molar-refractivity contribution in [2.75, 3.05) is 14.2 Å². The molecular formula is C54H60O8P2. The summed E-state index contributed by atoms with van der Waals surface area (Å²) in [7, 11) is -0.806. The van der Waals surface area contributed by atoms with Crippen LogP contribution in [0.2, 0.25) is 0 Å². The van der Waals surface area contributed by atoms with Gasteiger partial charge >= 0.3 is 16.5 Å². The van der Waals surface area contributed by atoms with E-state index < -0.39 is 27.3 Å². The van der Waals surface area contributed by atoms with E-state index in [-0.39, 0.29) is 0 Å². The normalized spacial score (nSPS) is 12.1. The molecule has 0 fully saturated rings. The molecule has 2 aromatic heterocycles. The summed E-state index contributed by atoms with van der Waals surface area (Å²) in [5.41, 5.74) is 13.8. The van der Waals surface area contributed by atoms with E-state index in [0.717, 1.165) is 99.5 Å². The fourth-order valence-corrected chi connectivity index (χ4v) is 11.3. The van der Waals surface area contributed by atoms with Gasteiger partial charge in [-0.25, -0.2) is 0 Å². The Morgan fingerprint density at radius 2 is 0.641 bits per heavy atom. The molecule has 0 saturated heterocycles. The average molecular weight is 899 g/mol. The molecule has 0 spiro atoms. The average Bonchev–Trinajstić information content (AvgIpc) is 3.45. The molecule has 8 aromatic rings. The monoisotopic (exact) mass is 898 g/mol. The molecule has 0 aliphatic heterocycles. The number of methoxy groups -OCH3 is 2. The quantitative estimate of drug-likeness (QED) is 0.156. The first-order valence-corrected chi connectivity index (χ1v) is 23.9. The molecule has 10 heteroatoms. The predicted octanol–water partition coefficient (Wildman–Crippen LogP) is 17.3. The van der Waals surface area contributed by atoms with Crippen molar-refractivity contribution in [2.24, 2.45) is 0 Å². The second-order valence-corrected chi connectivity index (χ2v) is 21.4. The molecule has 0 N–H and O–H groups in total. The lowest BCUT2D eigenvalue weighted by Crippen LogP contribution is -2.15. The number of benzene rings is 6. The third-order valence-electron chi connectivity index (χ3n) is 11.8. The van der Waals surface area contributed by atoms with Gasteiger partial charge < -0.3 is 35.3 Å². The molecule has 0 saturated carbocycles. The van der Waals surface area contributed by atoms with Crippen LogP contribution < -0.4 is 18.5 Å². The van der Waals surface area contributed by atoms with Crippen LogP contribution in [0.3, 0.4) is 0 Å². The molecule has 0 aliphatic carbocycles. The Morgan fingerprint density at radius 1 is 0.375 bits per heavy atom. The minimum Gasteiger partial charge on any atom is -0.497 e. The van der Waals surface area contributed by atoms with Gasteiger partial charge in [-0.15, -0.1) is 0 Å². The van der Waals surface area contributed by atoms with Gasteiger partial charge in [0.1, 0.15) is 45.3 Å². The highest BCUT2D eigenvalue weighted by molar-refractivity contribution is 7.32. The molecule has 6 aromatic carbocycles. The number of fused-ring (bicyclic) bond motifs is 6. The number of rotatable bonds is 7. The Morgan fingerprint density at radius 3 is 0.875 bits per heavy atom. The maximum Gasteiger partial charge on any atom is 0.453 e. The van der Waals surface area contributed by atoms with Crippen LogP contribution in [-0.4, -0.2) is 14.2 Å². The minimum absolute atomic E-state index is 0.432. The van der Waals surface area contributed by atoms with Crippen LogP contribution in [0, 0.1) is 55.4 Å². The SMILES string of the molecule is COc1cc(-c2cc(OC)cc(C(C)(C)C)c2Op2oc3c(C)cc(C)cc3c3cc(C)cc(C)c3o2)c(Op2oc3c(C)cc(C)cc3c3cc(C)cc(C)c3o2)c(C(C)(C)C)c1. The summed E-state index contributed by atoms with van der Waals surface area (Å²) < 4.78 is 54.4. The van der Waals surface area contributed by atoms with E-state index >= 15 is 0 Å². The molecule has 8 nitrogen and oxygen atoms in total. The summed E-state index contributed by atoms with van der Waals surface area (Å²) in [6, 6.07) is 25.2. The maximum absolute atomic E-state index is 7.28. The molecule has 0 aliphatic rings. The summed E-state index contributed by atoms with van der Waals surface area (Å²) in [4.78, 5) is 0. The molecular weight excluding hydrogens is 839 g/mol. The third kappa shape index (κ3) is 8.51. The first kappa shape index (κ1) is 44.9. The number of hydrogen-bond acceptors (Lipinski definition) is 8. The maximum atomic E-state index is 7.28. The zero-order valence-electron chi connectivity index (χ0n) is 40.1. The van der Waals surface area contributed by atoms with Gasteiger partial charge in [-0.3, -0.25) is 0 Å². The van der Waals surface area contributed by atoms with Gasteiger partial charge in [0.2, 0.25) is 0 Å². The van der Waals surface area contributed by atoms with E-state index in [2.05, 4.69) is 145 Å². The molecule has 0 amide bonds. The Balaban J connectivity index is 1.48. The fraction of sp³-hybridized carbons (Fsp3) is 0.333. The first-order valence-electron chi connectivity index (χ1n) is 21.7. The standard InChI is InChI=1S/C54H60O8P2/c1-29-17-33(5)47-39(21-29)40-22-30(2)18-34(6)48(40)58-63(57-47)61-51-43(25-37(55-15)27-45(51)53(9,10)11)44-26-38(56-16)28-46(54(12,13)14)52(44)62-64-59-49-35(7)19-31(3)23-41(49)42-24-32(4)20-36(8)50(42)60-64/h17-28H,1-16H3. The largest absolute Gasteiger partial charge is 0.497 e. The van der Waals surface area contributed by atoms with E-state index in [1.807, 2.05) is 24.3 Å². The van der Waals surface area contributed by atoms with Crippen molar-refractivity contribution in [1.82, 2.24) is 0 Å². The van der Waals surface area contributed by atoms with Gasteiger partial charge in [-0.1, -0.05) is 65.8 Å². The predicted molar refractivity (Wildman–Crippen MR) is 265 cm³/mol. The molecule has 0 radical (unpaired) electrons. The molecule has 0 atom stereocenters. The molecule has 2 heterocycles. The van der Waals surface area contributed by atoms with Gasteiger partial charge in [-0.05, 0) is 159 Å². The van der Waals surface area contributed by atoms with Crippen LogP contribution in [0.15, 0.2) is 89.6 Å². The summed E-state index contributed by atoms with van der Waals surface area (Å²) in [6.07, 6.45) is 0. The highest BCUT2D eigenvalue weighted by Crippen LogP contribution is 2.54. The Labute approximate surface area is 378 Å². The second kappa shape index (κ2) is 16.7. The number of ether oxygens (including phenoxy) is 2. The number of aryl methyl sites for hydroxylation is 8. The van der Waals surface area contributed by atoms with Gasteiger partial charge in [0.05, 0.1) is 14.2 Å². The van der Waals surface area contributed by atoms with Crippen molar-refractivity contribution in [2.45, 2.75) is 108 Å². The molecule has 8 rings (SSSR count). The van der Waals surface area contributed by atoms with Gasteiger partial charge in [-0.2, -0.15) is 0 Å². The van der Waals surface area contributed by atoms with E-state index in [1.165, 1.54) is 0 Å². The van der Waals surface area contributed by atoms with Crippen LogP contribution in [0.5, 0.6) is 23.0 Å². The lowest BCUT2D eigenvalue weighted by Gasteiger charge is -2.28. The van der Waals surface area contributed by atoms with Crippen molar-refractivity contribution in [3.8, 4) is 34.1 Å². The first-order chi connectivity index (χ1) is 30.1. The molecule has 0 unspecified atom stereocenters. The summed E-state index contributed by atoms with van der Waals surface area (Å²) >= 11 is 0. The zero-order valence-corrected chi connectivity index (χ0v) is 41.9. The van der Waals surface area contributed by atoms with Gasteiger partial charge in [0.25, 0.3) is 0 Å². The van der Waals surface area contributed by atoms with Crippen LogP contribution in [-0.2, 0) is 10.8 Å². The van der Waals surface area contributed by atoms with Crippen molar-refractivity contribution >= 4 is 60.4 Å². The third-order valence-corrected chi connectivity index (χ3v) is 13.7. The second-order valence-electron chi connectivity index (χ2n) is 19.4. The van der Waals surface area contributed by atoms with Crippen LogP contribution >= 0.6 is 16.5 Å². The van der Waals surface area contributed by atoms with E-state index in [9.17, 15) is 0 Å². The summed E-state index contributed by atoms with van der Waals surface area (Å²) in [5.74, 6) is 2.44. The van der Waals surface area contributed by atoms with Gasteiger partial charge in [0.15, 0.2) is 0 Å². The molecule has 334 valence electrons. The van der Waals surface area contributed by atoms with Crippen molar-refractivity contribution in [3.63, 3.8) is 0 Å². The van der Waals surface area contributed by atoms with E-state index in [1.54, 1.807) is 14.2 Å². The summed E-state index contributed by atoms with van der Waals surface area (Å²) in [6.45, 7) is 29.7.